The summed E-state index contributed by atoms with van der Waals surface area (Å²) < 4.78 is 5.50. The van der Waals surface area contributed by atoms with Crippen molar-refractivity contribution in [1.29, 1.82) is 0 Å². The van der Waals surface area contributed by atoms with Gasteiger partial charge >= 0.3 is 18.9 Å². The topological polar surface area (TPSA) is 78.5 Å². The van der Waals surface area contributed by atoms with Gasteiger partial charge in [0.05, 0.1) is 6.61 Å². The van der Waals surface area contributed by atoms with Crippen LogP contribution < -0.4 is 34.0 Å². The van der Waals surface area contributed by atoms with Crippen LogP contribution in [0.4, 0.5) is 0 Å². The Morgan fingerprint density at radius 1 is 1.25 bits per heavy atom. The van der Waals surface area contributed by atoms with E-state index < -0.39 is 5.97 Å². The van der Waals surface area contributed by atoms with Gasteiger partial charge in [-0.1, -0.05) is 13.8 Å². The smallest absolute Gasteiger partial charge is 0.550 e. The molecule has 0 unspecified atom stereocenters. The number of hydrogen-bond donors (Lipinski definition) is 1. The summed E-state index contributed by atoms with van der Waals surface area (Å²) in [4.78, 5) is 21.8. The summed E-state index contributed by atoms with van der Waals surface area (Å²) in [5, 5.41) is 12.7. The second kappa shape index (κ2) is 9.46. The van der Waals surface area contributed by atoms with Crippen LogP contribution >= 0.6 is 0 Å². The van der Waals surface area contributed by atoms with Gasteiger partial charge in [0.2, 0.25) is 0 Å². The number of nitrogens with one attached hydrogen (secondary N) is 1. The molecule has 1 aromatic carbocycles. The summed E-state index contributed by atoms with van der Waals surface area (Å²) in [5.41, 5.74) is 0.468. The molecule has 5 nitrogen and oxygen atoms in total. The van der Waals surface area contributed by atoms with Crippen LogP contribution in [0.15, 0.2) is 24.3 Å². The molecule has 0 saturated heterocycles. The number of carboxylic acid groups (broad SMARTS) is 1. The SMILES string of the molecule is CC(C)COc1ccc(C(=O)NCCC(=O)[O-])cc1.[Li+]. The zero-order chi connectivity index (χ0) is 14.3. The molecular formula is C14H18LiNO4. The Balaban J connectivity index is 0.00000361. The van der Waals surface area contributed by atoms with Crippen LogP contribution in [-0.4, -0.2) is 25.0 Å². The molecule has 0 aliphatic rings. The van der Waals surface area contributed by atoms with E-state index >= 15 is 0 Å². The van der Waals surface area contributed by atoms with Crippen molar-refractivity contribution in [2.24, 2.45) is 5.92 Å². The van der Waals surface area contributed by atoms with Crippen molar-refractivity contribution in [2.75, 3.05) is 13.2 Å². The quantitative estimate of drug-likeness (QED) is 0.561. The number of carbonyl (C=O) groups is 2. The minimum Gasteiger partial charge on any atom is -0.550 e. The largest absolute Gasteiger partial charge is 1.00 e. The second-order valence-corrected chi connectivity index (χ2v) is 4.61. The Bertz CT molecular complexity index is 431. The predicted octanol–water partition coefficient (Wildman–Crippen LogP) is -2.40. The molecule has 0 aromatic heterocycles. The van der Waals surface area contributed by atoms with E-state index in [0.717, 1.165) is 0 Å². The number of aliphatic carboxylic acids is 1. The third-order valence-corrected chi connectivity index (χ3v) is 2.31. The molecule has 104 valence electrons. The Morgan fingerprint density at radius 2 is 1.85 bits per heavy atom. The molecule has 0 radical (unpaired) electrons. The second-order valence-electron chi connectivity index (χ2n) is 4.61. The number of hydrogen-bond acceptors (Lipinski definition) is 4. The van der Waals surface area contributed by atoms with Gasteiger partial charge in [0.1, 0.15) is 5.75 Å². The number of carboxylic acids is 1. The third-order valence-electron chi connectivity index (χ3n) is 2.31. The van der Waals surface area contributed by atoms with Crippen LogP contribution in [0.3, 0.4) is 0 Å². The summed E-state index contributed by atoms with van der Waals surface area (Å²) in [6.07, 6.45) is -0.193. The van der Waals surface area contributed by atoms with E-state index in [2.05, 4.69) is 19.2 Å². The molecule has 0 atom stereocenters. The molecule has 0 bridgehead atoms. The van der Waals surface area contributed by atoms with Gasteiger partial charge in [-0.3, -0.25) is 4.79 Å². The number of rotatable bonds is 7. The van der Waals surface area contributed by atoms with Crippen molar-refractivity contribution in [3.8, 4) is 5.75 Å². The molecule has 20 heavy (non-hydrogen) atoms. The summed E-state index contributed by atoms with van der Waals surface area (Å²) in [6.45, 7) is 4.79. The van der Waals surface area contributed by atoms with E-state index in [-0.39, 0.29) is 37.7 Å². The summed E-state index contributed by atoms with van der Waals surface area (Å²) in [5.74, 6) is -0.345. The molecule has 1 N–H and O–H groups in total. The fourth-order valence-corrected chi connectivity index (χ4v) is 1.35. The first-order chi connectivity index (χ1) is 8.99. The molecule has 0 saturated carbocycles. The normalized spacial score (nSPS) is 9.75. The zero-order valence-electron chi connectivity index (χ0n) is 12.1. The maximum absolute atomic E-state index is 11.6. The Morgan fingerprint density at radius 3 is 2.35 bits per heavy atom. The van der Waals surface area contributed by atoms with Crippen molar-refractivity contribution in [1.82, 2.24) is 5.32 Å². The third kappa shape index (κ3) is 7.22. The summed E-state index contributed by atoms with van der Waals surface area (Å²) in [6, 6.07) is 6.72. The Hall–Kier alpha value is -1.44. The molecule has 0 fully saturated rings. The fourth-order valence-electron chi connectivity index (χ4n) is 1.35. The molecule has 6 heteroatoms. The van der Waals surface area contributed by atoms with Crippen molar-refractivity contribution in [2.45, 2.75) is 20.3 Å². The first kappa shape index (κ1) is 18.6. The molecule has 0 heterocycles. The van der Waals surface area contributed by atoms with Gasteiger partial charge in [-0.2, -0.15) is 0 Å². The first-order valence-electron chi connectivity index (χ1n) is 6.20. The van der Waals surface area contributed by atoms with Crippen LogP contribution in [0.2, 0.25) is 0 Å². The fraction of sp³-hybridized carbons (Fsp3) is 0.429. The van der Waals surface area contributed by atoms with E-state index in [1.807, 2.05) is 0 Å². The molecule has 1 aromatic rings. The Kier molecular flexibility index (Phi) is 8.78. The molecule has 1 rings (SSSR count). The average molecular weight is 271 g/mol. The van der Waals surface area contributed by atoms with Gasteiger partial charge in [-0.15, -0.1) is 0 Å². The van der Waals surface area contributed by atoms with Gasteiger partial charge < -0.3 is 20.0 Å². The Labute approximate surface area is 130 Å². The van der Waals surface area contributed by atoms with Crippen molar-refractivity contribution >= 4 is 11.9 Å². The van der Waals surface area contributed by atoms with E-state index in [1.54, 1.807) is 24.3 Å². The molecule has 0 spiro atoms. The summed E-state index contributed by atoms with van der Waals surface area (Å²) in [7, 11) is 0. The standard InChI is InChI=1S/C14H19NO4.Li/c1-10(2)9-19-12-5-3-11(4-6-12)14(18)15-8-7-13(16)17;/h3-6,10H,7-9H2,1-2H3,(H,15,18)(H,16,17);/q;+1/p-1. The van der Waals surface area contributed by atoms with E-state index in [4.69, 9.17) is 4.74 Å². The van der Waals surface area contributed by atoms with Crippen LogP contribution in [-0.2, 0) is 4.79 Å². The number of benzene rings is 1. The van der Waals surface area contributed by atoms with E-state index in [0.29, 0.717) is 23.8 Å². The number of ether oxygens (including phenoxy) is 1. The van der Waals surface area contributed by atoms with Gasteiger partial charge in [0, 0.05) is 24.5 Å². The number of amides is 1. The van der Waals surface area contributed by atoms with Gasteiger partial charge in [-0.05, 0) is 30.2 Å². The van der Waals surface area contributed by atoms with Crippen LogP contribution in [0.5, 0.6) is 5.75 Å². The summed E-state index contributed by atoms with van der Waals surface area (Å²) >= 11 is 0. The maximum Gasteiger partial charge on any atom is 1.00 e. The molecule has 0 aliphatic carbocycles. The minimum atomic E-state index is -1.18. The van der Waals surface area contributed by atoms with Crippen LogP contribution in [0, 0.1) is 5.92 Å². The monoisotopic (exact) mass is 271 g/mol. The average Bonchev–Trinajstić information content (AvgIpc) is 2.36. The minimum absolute atomic E-state index is 0. The molecule has 1 amide bonds. The van der Waals surface area contributed by atoms with E-state index in [1.165, 1.54) is 0 Å². The van der Waals surface area contributed by atoms with Crippen LogP contribution in [0.25, 0.3) is 0 Å². The number of carbonyl (C=O) groups excluding carboxylic acids is 2. The van der Waals surface area contributed by atoms with E-state index in [9.17, 15) is 14.7 Å². The molecule has 0 aliphatic heterocycles. The predicted molar refractivity (Wildman–Crippen MR) is 68.7 cm³/mol. The maximum atomic E-state index is 11.6. The zero-order valence-corrected chi connectivity index (χ0v) is 12.1. The molecular weight excluding hydrogens is 253 g/mol. The van der Waals surface area contributed by atoms with Crippen molar-refractivity contribution in [3.05, 3.63) is 29.8 Å². The van der Waals surface area contributed by atoms with Gasteiger partial charge in [0.15, 0.2) is 0 Å². The first-order valence-corrected chi connectivity index (χ1v) is 6.20. The van der Waals surface area contributed by atoms with Gasteiger partial charge in [0.25, 0.3) is 5.91 Å². The van der Waals surface area contributed by atoms with Crippen LogP contribution in [0.1, 0.15) is 30.6 Å². The van der Waals surface area contributed by atoms with Gasteiger partial charge in [-0.25, -0.2) is 0 Å². The van der Waals surface area contributed by atoms with Crippen molar-refractivity contribution in [3.63, 3.8) is 0 Å². The van der Waals surface area contributed by atoms with Crippen molar-refractivity contribution < 1.29 is 38.3 Å².